The highest BCUT2D eigenvalue weighted by molar-refractivity contribution is 6.30. The fourth-order valence-electron chi connectivity index (χ4n) is 2.50. The average molecular weight is 338 g/mol. The van der Waals surface area contributed by atoms with Gasteiger partial charge in [-0.05, 0) is 18.6 Å². The van der Waals surface area contributed by atoms with Gasteiger partial charge >= 0.3 is 0 Å². The maximum atomic E-state index is 13.9. The Morgan fingerprint density at radius 1 is 1.39 bits per heavy atom. The molecule has 1 aliphatic heterocycles. The number of pyridine rings is 2. The monoisotopic (exact) mass is 337 g/mol. The van der Waals surface area contributed by atoms with Crippen LogP contribution >= 0.6 is 11.6 Å². The molecule has 2 aromatic heterocycles. The Bertz CT molecular complexity index is 728. The normalized spacial score (nSPS) is 17.3. The van der Waals surface area contributed by atoms with E-state index in [4.69, 9.17) is 11.6 Å². The molecular formula is C14H13ClFN5O2. The fourth-order valence-corrected chi connectivity index (χ4v) is 2.64. The minimum atomic E-state index is -0.497. The summed E-state index contributed by atoms with van der Waals surface area (Å²) in [6.07, 6.45) is 3.40. The molecule has 3 rings (SSSR count). The molecule has 1 aliphatic rings. The van der Waals surface area contributed by atoms with Gasteiger partial charge in [0, 0.05) is 31.4 Å². The summed E-state index contributed by atoms with van der Waals surface area (Å²) in [4.78, 5) is 20.0. The summed E-state index contributed by atoms with van der Waals surface area (Å²) >= 11 is 5.71. The van der Waals surface area contributed by atoms with Crippen molar-refractivity contribution in [3.05, 3.63) is 51.5 Å². The molecule has 3 heterocycles. The highest BCUT2D eigenvalue weighted by atomic mass is 35.5. The van der Waals surface area contributed by atoms with Crippen molar-refractivity contribution in [1.29, 1.82) is 0 Å². The van der Waals surface area contributed by atoms with E-state index in [1.807, 2.05) is 4.90 Å². The molecule has 1 atom stereocenters. The largest absolute Gasteiger partial charge is 0.365 e. The summed E-state index contributed by atoms with van der Waals surface area (Å²) in [6.45, 7) is 1.21. The Hall–Kier alpha value is -2.48. The maximum Gasteiger partial charge on any atom is 0.287 e. The number of nitrogens with one attached hydrogen (secondary N) is 1. The number of anilines is 2. The van der Waals surface area contributed by atoms with Gasteiger partial charge in [-0.3, -0.25) is 10.1 Å². The molecule has 0 unspecified atom stereocenters. The zero-order chi connectivity index (χ0) is 16.4. The molecule has 0 bridgehead atoms. The van der Waals surface area contributed by atoms with Gasteiger partial charge in [0.25, 0.3) is 5.69 Å². The van der Waals surface area contributed by atoms with E-state index < -0.39 is 10.7 Å². The molecule has 120 valence electrons. The van der Waals surface area contributed by atoms with E-state index in [1.54, 1.807) is 6.07 Å². The lowest BCUT2D eigenvalue weighted by Crippen LogP contribution is -2.27. The molecule has 0 amide bonds. The van der Waals surface area contributed by atoms with Crippen molar-refractivity contribution in [3.8, 4) is 0 Å². The second kappa shape index (κ2) is 6.33. The lowest BCUT2D eigenvalue weighted by atomic mass is 10.2. The van der Waals surface area contributed by atoms with E-state index >= 15 is 0 Å². The molecule has 7 nitrogen and oxygen atoms in total. The number of rotatable bonds is 4. The number of hydrogen-bond acceptors (Lipinski definition) is 6. The molecular weight excluding hydrogens is 325 g/mol. The van der Waals surface area contributed by atoms with Crippen molar-refractivity contribution >= 4 is 28.9 Å². The Morgan fingerprint density at radius 3 is 2.87 bits per heavy atom. The molecule has 0 saturated carbocycles. The third-order valence-corrected chi connectivity index (χ3v) is 3.79. The van der Waals surface area contributed by atoms with Gasteiger partial charge in [-0.1, -0.05) is 11.6 Å². The summed E-state index contributed by atoms with van der Waals surface area (Å²) < 4.78 is 13.9. The lowest BCUT2D eigenvalue weighted by molar-refractivity contribution is -0.385. The molecule has 1 N–H and O–H groups in total. The molecule has 0 spiro atoms. The highest BCUT2D eigenvalue weighted by Crippen LogP contribution is 2.24. The number of hydrogen-bond donors (Lipinski definition) is 1. The predicted molar refractivity (Wildman–Crippen MR) is 84.3 cm³/mol. The van der Waals surface area contributed by atoms with Gasteiger partial charge < -0.3 is 10.2 Å². The van der Waals surface area contributed by atoms with E-state index in [1.165, 1.54) is 24.5 Å². The van der Waals surface area contributed by atoms with Crippen molar-refractivity contribution in [2.45, 2.75) is 12.5 Å². The minimum absolute atomic E-state index is 0.0563. The Kier molecular flexibility index (Phi) is 4.24. The molecule has 0 aromatic carbocycles. The first kappa shape index (κ1) is 15.4. The van der Waals surface area contributed by atoms with Crippen molar-refractivity contribution in [2.24, 2.45) is 0 Å². The summed E-state index contributed by atoms with van der Waals surface area (Å²) in [6, 6.07) is 4.24. The van der Waals surface area contributed by atoms with Gasteiger partial charge in [0.1, 0.15) is 12.0 Å². The summed E-state index contributed by atoms with van der Waals surface area (Å²) in [5.74, 6) is 0.369. The SMILES string of the molecule is O=[N+]([O-])c1ccc(N[C@@H]2CCN(c3ncc(Cl)cc3F)C2)nc1. The smallest absolute Gasteiger partial charge is 0.287 e. The third kappa shape index (κ3) is 3.48. The Morgan fingerprint density at radius 2 is 2.22 bits per heavy atom. The van der Waals surface area contributed by atoms with Gasteiger partial charge in [-0.2, -0.15) is 0 Å². The second-order valence-electron chi connectivity index (χ2n) is 5.19. The zero-order valence-corrected chi connectivity index (χ0v) is 12.7. The van der Waals surface area contributed by atoms with Gasteiger partial charge in [-0.15, -0.1) is 0 Å². The number of nitrogens with zero attached hydrogens (tertiary/aromatic N) is 4. The molecule has 1 fully saturated rings. The van der Waals surface area contributed by atoms with Crippen LogP contribution in [0.2, 0.25) is 5.02 Å². The zero-order valence-electron chi connectivity index (χ0n) is 11.9. The topological polar surface area (TPSA) is 84.2 Å². The Balaban J connectivity index is 1.64. The van der Waals surface area contributed by atoms with E-state index in [2.05, 4.69) is 15.3 Å². The van der Waals surface area contributed by atoms with Gasteiger partial charge in [0.2, 0.25) is 0 Å². The van der Waals surface area contributed by atoms with Crippen LogP contribution in [0.4, 0.5) is 21.7 Å². The lowest BCUT2D eigenvalue weighted by Gasteiger charge is -2.18. The molecule has 23 heavy (non-hydrogen) atoms. The summed E-state index contributed by atoms with van der Waals surface area (Å²) in [7, 11) is 0. The van der Waals surface area contributed by atoms with E-state index in [0.29, 0.717) is 18.9 Å². The van der Waals surface area contributed by atoms with Crippen molar-refractivity contribution in [1.82, 2.24) is 9.97 Å². The average Bonchev–Trinajstić information content (AvgIpc) is 2.96. The number of aromatic nitrogens is 2. The first-order chi connectivity index (χ1) is 11.0. The van der Waals surface area contributed by atoms with Crippen LogP contribution in [0.25, 0.3) is 0 Å². The van der Waals surface area contributed by atoms with Gasteiger partial charge in [0.15, 0.2) is 11.6 Å². The van der Waals surface area contributed by atoms with E-state index in [-0.39, 0.29) is 22.6 Å². The van der Waals surface area contributed by atoms with E-state index in [0.717, 1.165) is 6.42 Å². The minimum Gasteiger partial charge on any atom is -0.365 e. The second-order valence-corrected chi connectivity index (χ2v) is 5.63. The summed E-state index contributed by atoms with van der Waals surface area (Å²) in [5, 5.41) is 14.0. The first-order valence-electron chi connectivity index (χ1n) is 6.96. The number of halogens is 2. The van der Waals surface area contributed by atoms with Crippen LogP contribution < -0.4 is 10.2 Å². The van der Waals surface area contributed by atoms with Crippen LogP contribution in [-0.2, 0) is 0 Å². The van der Waals surface area contributed by atoms with Crippen LogP contribution in [0.3, 0.4) is 0 Å². The predicted octanol–water partition coefficient (Wildman–Crippen LogP) is 2.87. The highest BCUT2D eigenvalue weighted by Gasteiger charge is 2.25. The molecule has 0 radical (unpaired) electrons. The van der Waals surface area contributed by atoms with Crippen LogP contribution in [-0.4, -0.2) is 34.0 Å². The van der Waals surface area contributed by atoms with Gasteiger partial charge in [-0.25, -0.2) is 14.4 Å². The standard InChI is InChI=1S/C14H13ClFN5O2/c15-9-5-12(16)14(18-6-9)20-4-3-10(8-20)19-13-2-1-11(7-17-13)21(22)23/h1-2,5-7,10H,3-4,8H2,(H,17,19)/t10-/m1/s1. The maximum absolute atomic E-state index is 13.9. The van der Waals surface area contributed by atoms with Crippen LogP contribution in [0.15, 0.2) is 30.6 Å². The van der Waals surface area contributed by atoms with Crippen molar-refractivity contribution in [3.63, 3.8) is 0 Å². The summed E-state index contributed by atoms with van der Waals surface area (Å²) in [5.41, 5.74) is -0.0592. The van der Waals surface area contributed by atoms with Crippen LogP contribution in [0.5, 0.6) is 0 Å². The first-order valence-corrected chi connectivity index (χ1v) is 7.33. The quantitative estimate of drug-likeness (QED) is 0.682. The number of nitro groups is 1. The molecule has 2 aromatic rings. The molecule has 1 saturated heterocycles. The van der Waals surface area contributed by atoms with Gasteiger partial charge in [0.05, 0.1) is 9.95 Å². The van der Waals surface area contributed by atoms with Crippen LogP contribution in [0, 0.1) is 15.9 Å². The fraction of sp³-hybridized carbons (Fsp3) is 0.286. The van der Waals surface area contributed by atoms with Crippen LogP contribution in [0.1, 0.15) is 6.42 Å². The molecule has 0 aliphatic carbocycles. The van der Waals surface area contributed by atoms with Crippen molar-refractivity contribution < 1.29 is 9.31 Å². The molecule has 9 heteroatoms. The Labute approximate surface area is 136 Å². The third-order valence-electron chi connectivity index (χ3n) is 3.59. The van der Waals surface area contributed by atoms with E-state index in [9.17, 15) is 14.5 Å². The van der Waals surface area contributed by atoms with Crippen molar-refractivity contribution in [2.75, 3.05) is 23.3 Å².